The maximum atomic E-state index is 13.1. The Balaban J connectivity index is 1.50. The van der Waals surface area contributed by atoms with E-state index in [0.717, 1.165) is 29.2 Å². The molecule has 8 nitrogen and oxygen atoms in total. The lowest BCUT2D eigenvalue weighted by atomic mass is 10.0. The van der Waals surface area contributed by atoms with Gasteiger partial charge in [0.2, 0.25) is 10.0 Å². The number of rotatable bonds is 7. The van der Waals surface area contributed by atoms with Gasteiger partial charge in [-0.1, -0.05) is 36.4 Å². The van der Waals surface area contributed by atoms with Crippen LogP contribution in [0.25, 0.3) is 10.8 Å². The molecule has 0 saturated heterocycles. The molecular formula is C26H29N3O5S. The number of fused-ring (bicyclic) bond motifs is 1. The number of sulfonamides is 1. The number of hydrogen-bond donors (Lipinski definition) is 3. The summed E-state index contributed by atoms with van der Waals surface area (Å²) in [5.74, 6) is -0.381. The normalized spacial score (nSPS) is 13.9. The Morgan fingerprint density at radius 2 is 1.60 bits per heavy atom. The molecule has 35 heavy (non-hydrogen) atoms. The molecule has 3 N–H and O–H groups in total. The van der Waals surface area contributed by atoms with Gasteiger partial charge >= 0.3 is 6.09 Å². The van der Waals surface area contributed by atoms with Crippen LogP contribution in [0, 0.1) is 0 Å². The van der Waals surface area contributed by atoms with Gasteiger partial charge in [0, 0.05) is 12.6 Å². The smallest absolute Gasteiger partial charge is 0.412 e. The van der Waals surface area contributed by atoms with Gasteiger partial charge in [0.15, 0.2) is 0 Å². The van der Waals surface area contributed by atoms with Crippen molar-refractivity contribution in [1.82, 2.24) is 10.0 Å². The summed E-state index contributed by atoms with van der Waals surface area (Å²) in [5, 5.41) is 7.25. The van der Waals surface area contributed by atoms with Crippen LogP contribution in [-0.4, -0.2) is 32.1 Å². The second kappa shape index (κ2) is 9.67. The molecule has 4 rings (SSSR count). The SMILES string of the molecule is CC(C)(C)OC(=O)Nc1cc2ccccc2cc1C(=O)NCc1ccc(S(=O)(=O)NC2CC2)cc1. The molecule has 0 heterocycles. The van der Waals surface area contributed by atoms with Crippen LogP contribution in [-0.2, 0) is 21.3 Å². The fraction of sp³-hybridized carbons (Fsp3) is 0.308. The van der Waals surface area contributed by atoms with Gasteiger partial charge in [0.25, 0.3) is 5.91 Å². The van der Waals surface area contributed by atoms with E-state index in [4.69, 9.17) is 4.74 Å². The number of nitrogens with one attached hydrogen (secondary N) is 3. The molecule has 0 atom stereocenters. The first-order valence-electron chi connectivity index (χ1n) is 11.4. The first-order valence-corrected chi connectivity index (χ1v) is 12.9. The molecule has 2 amide bonds. The van der Waals surface area contributed by atoms with Gasteiger partial charge in [-0.3, -0.25) is 10.1 Å². The van der Waals surface area contributed by atoms with Crippen LogP contribution in [0.5, 0.6) is 0 Å². The van der Waals surface area contributed by atoms with E-state index in [2.05, 4.69) is 15.4 Å². The summed E-state index contributed by atoms with van der Waals surface area (Å²) in [4.78, 5) is 25.7. The maximum Gasteiger partial charge on any atom is 0.412 e. The molecule has 1 fully saturated rings. The van der Waals surface area contributed by atoms with Gasteiger partial charge in [0.1, 0.15) is 5.60 Å². The summed E-state index contributed by atoms with van der Waals surface area (Å²) in [6.07, 6.45) is 1.07. The Kier molecular flexibility index (Phi) is 6.82. The number of anilines is 1. The largest absolute Gasteiger partial charge is 0.444 e. The molecule has 3 aromatic rings. The molecule has 0 bridgehead atoms. The van der Waals surface area contributed by atoms with E-state index in [1.807, 2.05) is 24.3 Å². The standard InChI is InChI=1S/C26H29N3O5S/c1-26(2,3)34-25(31)28-23-15-19-7-5-4-6-18(19)14-22(23)24(30)27-16-17-8-12-21(13-9-17)35(32,33)29-20-10-11-20/h4-9,12-15,20,29H,10-11,16H2,1-3H3,(H,27,30)(H,28,31). The van der Waals surface area contributed by atoms with Crippen molar-refractivity contribution in [1.29, 1.82) is 0 Å². The van der Waals surface area contributed by atoms with Gasteiger partial charge in [-0.05, 0) is 74.2 Å². The molecule has 3 aromatic carbocycles. The van der Waals surface area contributed by atoms with Crippen LogP contribution in [0.3, 0.4) is 0 Å². The zero-order valence-corrected chi connectivity index (χ0v) is 20.7. The summed E-state index contributed by atoms with van der Waals surface area (Å²) in [5.41, 5.74) is 0.688. The molecule has 0 radical (unpaired) electrons. The van der Waals surface area contributed by atoms with Crippen molar-refractivity contribution in [3.05, 3.63) is 71.8 Å². The topological polar surface area (TPSA) is 114 Å². The minimum Gasteiger partial charge on any atom is -0.444 e. The third kappa shape index (κ3) is 6.58. The number of carbonyl (C=O) groups excluding carboxylic acids is 2. The first kappa shape index (κ1) is 24.7. The Morgan fingerprint density at radius 3 is 2.20 bits per heavy atom. The van der Waals surface area contributed by atoms with Crippen molar-refractivity contribution in [2.24, 2.45) is 0 Å². The Bertz CT molecular complexity index is 1360. The third-order valence-electron chi connectivity index (χ3n) is 5.35. The van der Waals surface area contributed by atoms with Gasteiger partial charge in [-0.25, -0.2) is 17.9 Å². The van der Waals surface area contributed by atoms with E-state index in [-0.39, 0.29) is 23.4 Å². The van der Waals surface area contributed by atoms with E-state index in [0.29, 0.717) is 11.3 Å². The number of amides is 2. The number of ether oxygens (including phenoxy) is 1. The van der Waals surface area contributed by atoms with E-state index in [1.165, 1.54) is 12.1 Å². The summed E-state index contributed by atoms with van der Waals surface area (Å²) in [6, 6.07) is 17.4. The Morgan fingerprint density at radius 1 is 0.971 bits per heavy atom. The summed E-state index contributed by atoms with van der Waals surface area (Å²) >= 11 is 0. The van der Waals surface area contributed by atoms with Crippen molar-refractivity contribution in [2.75, 3.05) is 5.32 Å². The summed E-state index contributed by atoms with van der Waals surface area (Å²) in [6.45, 7) is 5.48. The number of carbonyl (C=O) groups is 2. The maximum absolute atomic E-state index is 13.1. The second-order valence-corrected chi connectivity index (χ2v) is 11.3. The molecule has 1 aliphatic carbocycles. The molecule has 1 aliphatic rings. The van der Waals surface area contributed by atoms with Crippen molar-refractivity contribution in [3.8, 4) is 0 Å². The minimum atomic E-state index is -3.53. The van der Waals surface area contributed by atoms with E-state index >= 15 is 0 Å². The Hall–Kier alpha value is -3.43. The minimum absolute atomic E-state index is 0.0319. The highest BCUT2D eigenvalue weighted by Crippen LogP contribution is 2.26. The van der Waals surface area contributed by atoms with Gasteiger partial charge < -0.3 is 10.1 Å². The van der Waals surface area contributed by atoms with Crippen molar-refractivity contribution < 1.29 is 22.7 Å². The molecule has 9 heteroatoms. The molecule has 0 aromatic heterocycles. The quantitative estimate of drug-likeness (QED) is 0.445. The van der Waals surface area contributed by atoms with Crippen molar-refractivity contribution in [2.45, 2.75) is 56.7 Å². The van der Waals surface area contributed by atoms with Crippen LogP contribution in [0.4, 0.5) is 10.5 Å². The van der Waals surface area contributed by atoms with Crippen LogP contribution >= 0.6 is 0 Å². The van der Waals surface area contributed by atoms with E-state index in [1.54, 1.807) is 45.0 Å². The zero-order valence-electron chi connectivity index (χ0n) is 19.9. The lowest BCUT2D eigenvalue weighted by Gasteiger charge is -2.20. The molecule has 1 saturated carbocycles. The number of benzene rings is 3. The van der Waals surface area contributed by atoms with Gasteiger partial charge in [0.05, 0.1) is 16.1 Å². The van der Waals surface area contributed by atoms with Crippen LogP contribution in [0.1, 0.15) is 49.5 Å². The van der Waals surface area contributed by atoms with Crippen LogP contribution in [0.15, 0.2) is 65.6 Å². The third-order valence-corrected chi connectivity index (χ3v) is 6.89. The molecule has 184 valence electrons. The molecule has 0 aliphatic heterocycles. The summed E-state index contributed by atoms with van der Waals surface area (Å²) < 4.78 is 32.7. The fourth-order valence-corrected chi connectivity index (χ4v) is 4.80. The highest BCUT2D eigenvalue weighted by Gasteiger charge is 2.28. The van der Waals surface area contributed by atoms with Crippen LogP contribution in [0.2, 0.25) is 0 Å². The predicted molar refractivity (Wildman–Crippen MR) is 135 cm³/mol. The second-order valence-electron chi connectivity index (χ2n) is 9.59. The number of hydrogen-bond acceptors (Lipinski definition) is 5. The van der Waals surface area contributed by atoms with Crippen molar-refractivity contribution >= 4 is 38.5 Å². The first-order chi connectivity index (χ1) is 16.5. The lowest BCUT2D eigenvalue weighted by molar-refractivity contribution is 0.0636. The highest BCUT2D eigenvalue weighted by molar-refractivity contribution is 7.89. The Labute approximate surface area is 205 Å². The molecular weight excluding hydrogens is 466 g/mol. The monoisotopic (exact) mass is 495 g/mol. The van der Waals surface area contributed by atoms with Crippen molar-refractivity contribution in [3.63, 3.8) is 0 Å². The average Bonchev–Trinajstić information content (AvgIpc) is 3.59. The zero-order chi connectivity index (χ0) is 25.2. The fourth-order valence-electron chi connectivity index (χ4n) is 3.50. The van der Waals surface area contributed by atoms with Crippen LogP contribution < -0.4 is 15.4 Å². The van der Waals surface area contributed by atoms with Gasteiger partial charge in [-0.2, -0.15) is 0 Å². The van der Waals surface area contributed by atoms with E-state index in [9.17, 15) is 18.0 Å². The molecule has 0 spiro atoms. The van der Waals surface area contributed by atoms with Gasteiger partial charge in [-0.15, -0.1) is 0 Å². The van der Waals surface area contributed by atoms with E-state index < -0.39 is 21.7 Å². The highest BCUT2D eigenvalue weighted by atomic mass is 32.2. The average molecular weight is 496 g/mol. The summed E-state index contributed by atoms with van der Waals surface area (Å²) in [7, 11) is -3.53. The molecule has 0 unspecified atom stereocenters. The predicted octanol–water partition coefficient (Wildman–Crippen LogP) is 4.56. The lowest BCUT2D eigenvalue weighted by Crippen LogP contribution is -2.29.